The van der Waals surface area contributed by atoms with Crippen LogP contribution < -0.4 is 5.32 Å². The summed E-state index contributed by atoms with van der Waals surface area (Å²) in [6.45, 7) is 1.96. The Balaban J connectivity index is 1.75. The average Bonchev–Trinajstić information content (AvgIpc) is 3.17. The van der Waals surface area contributed by atoms with Gasteiger partial charge >= 0.3 is 0 Å². The van der Waals surface area contributed by atoms with Gasteiger partial charge in [0.1, 0.15) is 0 Å². The highest BCUT2D eigenvalue weighted by atomic mass is 16.1. The minimum absolute atomic E-state index is 0.246. The van der Waals surface area contributed by atoms with Crippen LogP contribution in [0.3, 0.4) is 0 Å². The SMILES string of the molecule is Cc1ccccc1NC(=O)c1cc(-c2cccnc2)n(-c2ccccc2)n1. The number of nitrogens with one attached hydrogen (secondary N) is 1. The molecule has 0 fully saturated rings. The Morgan fingerprint density at radius 1 is 0.963 bits per heavy atom. The van der Waals surface area contributed by atoms with Gasteiger partial charge in [0.25, 0.3) is 5.91 Å². The average molecular weight is 354 g/mol. The van der Waals surface area contributed by atoms with Crippen molar-refractivity contribution >= 4 is 11.6 Å². The number of benzene rings is 2. The zero-order valence-electron chi connectivity index (χ0n) is 14.8. The predicted octanol–water partition coefficient (Wildman–Crippen LogP) is 4.50. The number of hydrogen-bond donors (Lipinski definition) is 1. The maximum absolute atomic E-state index is 12.8. The minimum Gasteiger partial charge on any atom is -0.320 e. The number of anilines is 1. The number of amides is 1. The second kappa shape index (κ2) is 7.25. The Morgan fingerprint density at radius 2 is 1.74 bits per heavy atom. The van der Waals surface area contributed by atoms with E-state index in [1.54, 1.807) is 23.1 Å². The molecule has 0 aliphatic rings. The van der Waals surface area contributed by atoms with Gasteiger partial charge in [-0.2, -0.15) is 5.10 Å². The van der Waals surface area contributed by atoms with Crippen molar-refractivity contribution < 1.29 is 4.79 Å². The first kappa shape index (κ1) is 16.7. The van der Waals surface area contributed by atoms with Gasteiger partial charge < -0.3 is 5.32 Å². The highest BCUT2D eigenvalue weighted by molar-refractivity contribution is 6.04. The Kier molecular flexibility index (Phi) is 4.49. The summed E-state index contributed by atoms with van der Waals surface area (Å²) >= 11 is 0. The summed E-state index contributed by atoms with van der Waals surface area (Å²) in [5, 5.41) is 7.50. The lowest BCUT2D eigenvalue weighted by Crippen LogP contribution is -2.13. The van der Waals surface area contributed by atoms with E-state index < -0.39 is 0 Å². The summed E-state index contributed by atoms with van der Waals surface area (Å²) in [4.78, 5) is 17.0. The molecule has 0 aliphatic carbocycles. The van der Waals surface area contributed by atoms with Crippen molar-refractivity contribution in [2.24, 2.45) is 0 Å². The summed E-state index contributed by atoms with van der Waals surface area (Å²) in [6, 6.07) is 23.0. The van der Waals surface area contributed by atoms with Crippen LogP contribution >= 0.6 is 0 Å². The molecule has 2 heterocycles. The van der Waals surface area contributed by atoms with E-state index in [0.717, 1.165) is 28.2 Å². The molecule has 0 aliphatic heterocycles. The van der Waals surface area contributed by atoms with E-state index in [-0.39, 0.29) is 5.91 Å². The third-order valence-corrected chi connectivity index (χ3v) is 4.29. The fourth-order valence-corrected chi connectivity index (χ4v) is 2.88. The number of rotatable bonds is 4. The second-order valence-corrected chi connectivity index (χ2v) is 6.17. The summed E-state index contributed by atoms with van der Waals surface area (Å²) in [5.74, 6) is -0.246. The van der Waals surface area contributed by atoms with Crippen molar-refractivity contribution in [2.45, 2.75) is 6.92 Å². The Morgan fingerprint density at radius 3 is 2.48 bits per heavy atom. The van der Waals surface area contributed by atoms with Crippen molar-refractivity contribution in [3.8, 4) is 16.9 Å². The first-order chi connectivity index (χ1) is 13.2. The van der Waals surface area contributed by atoms with E-state index in [2.05, 4.69) is 15.4 Å². The highest BCUT2D eigenvalue weighted by Crippen LogP contribution is 2.24. The fraction of sp³-hybridized carbons (Fsp3) is 0.0455. The molecule has 4 aromatic rings. The third-order valence-electron chi connectivity index (χ3n) is 4.29. The van der Waals surface area contributed by atoms with Gasteiger partial charge in [-0.1, -0.05) is 36.4 Å². The standard InChI is InChI=1S/C22H18N4O/c1-16-8-5-6-12-19(16)24-22(27)20-14-21(17-9-7-13-23-15-17)26(25-20)18-10-3-2-4-11-18/h2-15H,1H3,(H,24,27). The molecule has 0 radical (unpaired) electrons. The van der Waals surface area contributed by atoms with Crippen molar-refractivity contribution in [3.05, 3.63) is 96.4 Å². The largest absolute Gasteiger partial charge is 0.320 e. The van der Waals surface area contributed by atoms with Crippen LogP contribution in [0.15, 0.2) is 85.2 Å². The normalized spacial score (nSPS) is 10.6. The van der Waals surface area contributed by atoms with Crippen molar-refractivity contribution in [3.63, 3.8) is 0 Å². The number of para-hydroxylation sites is 2. The minimum atomic E-state index is -0.246. The molecule has 5 heteroatoms. The molecule has 0 saturated carbocycles. The monoisotopic (exact) mass is 354 g/mol. The molecule has 5 nitrogen and oxygen atoms in total. The van der Waals surface area contributed by atoms with Crippen LogP contribution in [0, 0.1) is 6.92 Å². The summed E-state index contributed by atoms with van der Waals surface area (Å²) < 4.78 is 1.77. The van der Waals surface area contributed by atoms with Gasteiger partial charge in [-0.3, -0.25) is 9.78 Å². The quantitative estimate of drug-likeness (QED) is 0.587. The first-order valence-corrected chi connectivity index (χ1v) is 8.65. The van der Waals surface area contributed by atoms with Gasteiger partial charge in [0.2, 0.25) is 0 Å². The van der Waals surface area contributed by atoms with Crippen LogP contribution in [0.1, 0.15) is 16.1 Å². The molecule has 4 rings (SSSR count). The molecule has 2 aromatic heterocycles. The van der Waals surface area contributed by atoms with Crippen molar-refractivity contribution in [2.75, 3.05) is 5.32 Å². The van der Waals surface area contributed by atoms with Crippen LogP contribution in [-0.2, 0) is 0 Å². The zero-order chi connectivity index (χ0) is 18.6. The van der Waals surface area contributed by atoms with Crippen LogP contribution in [0.2, 0.25) is 0 Å². The number of pyridine rings is 1. The zero-order valence-corrected chi connectivity index (χ0v) is 14.8. The number of aryl methyl sites for hydroxylation is 1. The maximum Gasteiger partial charge on any atom is 0.276 e. The lowest BCUT2D eigenvalue weighted by molar-refractivity contribution is 0.102. The number of aromatic nitrogens is 3. The molecule has 132 valence electrons. The Hall–Kier alpha value is -3.73. The van der Waals surface area contributed by atoms with Crippen LogP contribution in [0.5, 0.6) is 0 Å². The molecular weight excluding hydrogens is 336 g/mol. The van der Waals surface area contributed by atoms with E-state index in [0.29, 0.717) is 5.69 Å². The van der Waals surface area contributed by atoms with Crippen LogP contribution in [0.4, 0.5) is 5.69 Å². The fourth-order valence-electron chi connectivity index (χ4n) is 2.88. The van der Waals surface area contributed by atoms with Crippen LogP contribution in [0.25, 0.3) is 16.9 Å². The number of carbonyl (C=O) groups is 1. The van der Waals surface area contributed by atoms with Gasteiger partial charge in [-0.05, 0) is 48.9 Å². The first-order valence-electron chi connectivity index (χ1n) is 8.65. The lowest BCUT2D eigenvalue weighted by atomic mass is 10.2. The van der Waals surface area contributed by atoms with E-state index in [9.17, 15) is 4.79 Å². The highest BCUT2D eigenvalue weighted by Gasteiger charge is 2.17. The third kappa shape index (κ3) is 3.48. The molecule has 0 bridgehead atoms. The molecule has 0 unspecified atom stereocenters. The molecule has 1 amide bonds. The summed E-state index contributed by atoms with van der Waals surface area (Å²) in [7, 11) is 0. The molecule has 2 aromatic carbocycles. The summed E-state index contributed by atoms with van der Waals surface area (Å²) in [5.41, 5.74) is 4.71. The Labute approximate surface area is 157 Å². The number of hydrogen-bond acceptors (Lipinski definition) is 3. The predicted molar refractivity (Wildman–Crippen MR) is 106 cm³/mol. The van der Waals surface area contributed by atoms with Crippen molar-refractivity contribution in [1.29, 1.82) is 0 Å². The van der Waals surface area contributed by atoms with Crippen LogP contribution in [-0.4, -0.2) is 20.7 Å². The topological polar surface area (TPSA) is 59.8 Å². The van der Waals surface area contributed by atoms with Gasteiger partial charge in [-0.15, -0.1) is 0 Å². The molecule has 0 saturated heterocycles. The second-order valence-electron chi connectivity index (χ2n) is 6.17. The van der Waals surface area contributed by atoms with Gasteiger partial charge in [0.15, 0.2) is 5.69 Å². The lowest BCUT2D eigenvalue weighted by Gasteiger charge is -2.07. The van der Waals surface area contributed by atoms with Gasteiger partial charge in [-0.25, -0.2) is 4.68 Å². The Bertz CT molecular complexity index is 1010. The summed E-state index contributed by atoms with van der Waals surface area (Å²) in [6.07, 6.45) is 3.48. The number of carbonyl (C=O) groups excluding carboxylic acids is 1. The van der Waals surface area contributed by atoms with E-state index in [1.807, 2.05) is 73.7 Å². The molecule has 0 atom stereocenters. The smallest absolute Gasteiger partial charge is 0.276 e. The molecular formula is C22H18N4O. The molecule has 27 heavy (non-hydrogen) atoms. The molecule has 0 spiro atoms. The maximum atomic E-state index is 12.8. The van der Waals surface area contributed by atoms with Crippen molar-refractivity contribution in [1.82, 2.24) is 14.8 Å². The van der Waals surface area contributed by atoms with E-state index in [1.165, 1.54) is 0 Å². The van der Waals surface area contributed by atoms with E-state index >= 15 is 0 Å². The van der Waals surface area contributed by atoms with Gasteiger partial charge in [0, 0.05) is 23.6 Å². The number of nitrogens with zero attached hydrogens (tertiary/aromatic N) is 3. The van der Waals surface area contributed by atoms with Gasteiger partial charge in [0.05, 0.1) is 11.4 Å². The van der Waals surface area contributed by atoms with E-state index in [4.69, 9.17) is 0 Å². The molecule has 1 N–H and O–H groups in total.